The highest BCUT2D eigenvalue weighted by atomic mass is 35.5. The van der Waals surface area contributed by atoms with Crippen LogP contribution in [0.15, 0.2) is 77.5 Å². The van der Waals surface area contributed by atoms with Crippen LogP contribution in [-0.2, 0) is 9.59 Å². The summed E-state index contributed by atoms with van der Waals surface area (Å²) in [4.78, 5) is 38.7. The summed E-state index contributed by atoms with van der Waals surface area (Å²) in [5, 5.41) is 5.53. The van der Waals surface area contributed by atoms with Gasteiger partial charge in [0, 0.05) is 22.0 Å². The largest absolute Gasteiger partial charge is 0.350 e. The second kappa shape index (κ2) is 9.23. The third-order valence-electron chi connectivity index (χ3n) is 4.71. The standard InChI is InChI=1S/C23H13Cl3FN3O3/c24-13-3-8-16(9-4-13)30-22(32)19(26)20(23(30)33)28-14-5-1-12(2-6-14)21(31)29-15-7-10-18(27)17(25)11-15/h1-11,28H,(H,29,31). The maximum atomic E-state index is 13.3. The summed E-state index contributed by atoms with van der Waals surface area (Å²) in [6.07, 6.45) is 0. The molecular weight excluding hydrogens is 492 g/mol. The van der Waals surface area contributed by atoms with Crippen molar-refractivity contribution in [2.75, 3.05) is 15.5 Å². The number of halogens is 4. The van der Waals surface area contributed by atoms with Crippen molar-refractivity contribution in [1.82, 2.24) is 0 Å². The average molecular weight is 505 g/mol. The molecule has 1 aliphatic rings. The quantitative estimate of drug-likeness (QED) is 0.429. The van der Waals surface area contributed by atoms with Crippen LogP contribution in [-0.4, -0.2) is 17.7 Å². The number of anilines is 3. The first kappa shape index (κ1) is 22.8. The summed E-state index contributed by atoms with van der Waals surface area (Å²) in [6, 6.07) is 16.1. The van der Waals surface area contributed by atoms with Crippen molar-refractivity contribution in [2.45, 2.75) is 0 Å². The van der Waals surface area contributed by atoms with Crippen LogP contribution in [0.1, 0.15) is 10.4 Å². The molecule has 0 radical (unpaired) electrons. The minimum absolute atomic E-state index is 0.0882. The van der Waals surface area contributed by atoms with Gasteiger partial charge in [0.05, 0.1) is 10.7 Å². The van der Waals surface area contributed by atoms with Gasteiger partial charge in [-0.2, -0.15) is 0 Å². The van der Waals surface area contributed by atoms with Crippen molar-refractivity contribution in [3.63, 3.8) is 0 Å². The van der Waals surface area contributed by atoms with E-state index in [2.05, 4.69) is 10.6 Å². The number of carbonyl (C=O) groups is 3. The molecule has 3 aromatic carbocycles. The Bertz CT molecular complexity index is 1310. The van der Waals surface area contributed by atoms with Crippen molar-refractivity contribution in [2.24, 2.45) is 0 Å². The fourth-order valence-electron chi connectivity index (χ4n) is 3.06. The Morgan fingerprint density at radius 1 is 0.818 bits per heavy atom. The molecule has 3 aromatic rings. The van der Waals surface area contributed by atoms with E-state index in [1.165, 1.54) is 36.4 Å². The number of hydrogen-bond acceptors (Lipinski definition) is 4. The predicted molar refractivity (Wildman–Crippen MR) is 126 cm³/mol. The molecule has 33 heavy (non-hydrogen) atoms. The molecule has 4 rings (SSSR count). The number of nitrogens with one attached hydrogen (secondary N) is 2. The molecule has 0 atom stereocenters. The molecule has 10 heteroatoms. The minimum Gasteiger partial charge on any atom is -0.350 e. The summed E-state index contributed by atoms with van der Waals surface area (Å²) >= 11 is 17.7. The van der Waals surface area contributed by atoms with Gasteiger partial charge in [0.1, 0.15) is 16.5 Å². The fourth-order valence-corrected chi connectivity index (χ4v) is 3.58. The second-order valence-electron chi connectivity index (χ2n) is 6.90. The lowest BCUT2D eigenvalue weighted by Crippen LogP contribution is -2.32. The van der Waals surface area contributed by atoms with Crippen LogP contribution in [0.3, 0.4) is 0 Å². The Labute approximate surface area is 202 Å². The number of hydrogen-bond donors (Lipinski definition) is 2. The number of benzene rings is 3. The lowest BCUT2D eigenvalue weighted by Gasteiger charge is -2.15. The zero-order chi connectivity index (χ0) is 23.7. The molecule has 0 saturated carbocycles. The van der Waals surface area contributed by atoms with Gasteiger partial charge in [-0.15, -0.1) is 0 Å². The third kappa shape index (κ3) is 4.71. The van der Waals surface area contributed by atoms with Crippen LogP contribution >= 0.6 is 34.8 Å². The summed E-state index contributed by atoms with van der Waals surface area (Å²) in [5.74, 6) is -2.32. The van der Waals surface area contributed by atoms with Gasteiger partial charge in [-0.1, -0.05) is 34.8 Å². The van der Waals surface area contributed by atoms with Crippen LogP contribution in [0.4, 0.5) is 21.5 Å². The molecule has 1 aliphatic heterocycles. The zero-order valence-corrected chi connectivity index (χ0v) is 18.8. The topological polar surface area (TPSA) is 78.5 Å². The fraction of sp³-hybridized carbons (Fsp3) is 0. The van der Waals surface area contributed by atoms with Gasteiger partial charge < -0.3 is 10.6 Å². The summed E-state index contributed by atoms with van der Waals surface area (Å²) in [6.45, 7) is 0. The Morgan fingerprint density at radius 2 is 1.45 bits per heavy atom. The van der Waals surface area contributed by atoms with Crippen LogP contribution in [0.2, 0.25) is 10.0 Å². The van der Waals surface area contributed by atoms with E-state index < -0.39 is 23.5 Å². The minimum atomic E-state index is -0.666. The van der Waals surface area contributed by atoms with E-state index in [0.717, 1.165) is 11.0 Å². The van der Waals surface area contributed by atoms with Crippen LogP contribution in [0, 0.1) is 5.82 Å². The molecule has 0 aliphatic carbocycles. The number of carbonyl (C=O) groups excluding carboxylic acids is 3. The Kier molecular flexibility index (Phi) is 6.37. The first-order chi connectivity index (χ1) is 15.7. The van der Waals surface area contributed by atoms with E-state index in [-0.39, 0.29) is 15.8 Å². The highest BCUT2D eigenvalue weighted by Gasteiger charge is 2.38. The van der Waals surface area contributed by atoms with Crippen molar-refractivity contribution >= 4 is 69.6 Å². The number of imide groups is 1. The van der Waals surface area contributed by atoms with Crippen LogP contribution in [0.5, 0.6) is 0 Å². The first-order valence-electron chi connectivity index (χ1n) is 9.42. The molecule has 3 amide bonds. The van der Waals surface area contributed by atoms with E-state index in [1.807, 2.05) is 0 Å². The van der Waals surface area contributed by atoms with Gasteiger partial charge in [-0.25, -0.2) is 9.29 Å². The van der Waals surface area contributed by atoms with E-state index in [9.17, 15) is 18.8 Å². The SMILES string of the molecule is O=C(Nc1ccc(F)c(Cl)c1)c1ccc(NC2=C(Cl)C(=O)N(c3ccc(Cl)cc3)C2=O)cc1. The number of nitrogens with zero attached hydrogens (tertiary/aromatic N) is 1. The van der Waals surface area contributed by atoms with E-state index in [0.29, 0.717) is 27.6 Å². The molecule has 0 spiro atoms. The van der Waals surface area contributed by atoms with Crippen molar-refractivity contribution in [1.29, 1.82) is 0 Å². The lowest BCUT2D eigenvalue weighted by molar-refractivity contribution is -0.120. The maximum Gasteiger partial charge on any atom is 0.283 e. The molecule has 2 N–H and O–H groups in total. The first-order valence-corrected chi connectivity index (χ1v) is 10.6. The van der Waals surface area contributed by atoms with Gasteiger partial charge in [0.15, 0.2) is 0 Å². The number of amides is 3. The van der Waals surface area contributed by atoms with Gasteiger partial charge in [0.25, 0.3) is 17.7 Å². The molecule has 0 bridgehead atoms. The van der Waals surface area contributed by atoms with Crippen molar-refractivity contribution < 1.29 is 18.8 Å². The molecule has 0 aromatic heterocycles. The zero-order valence-electron chi connectivity index (χ0n) is 16.5. The van der Waals surface area contributed by atoms with Gasteiger partial charge in [-0.3, -0.25) is 14.4 Å². The third-order valence-corrected chi connectivity index (χ3v) is 5.60. The predicted octanol–water partition coefficient (Wildman–Crippen LogP) is 5.82. The molecule has 6 nitrogen and oxygen atoms in total. The molecule has 166 valence electrons. The van der Waals surface area contributed by atoms with E-state index in [1.54, 1.807) is 24.3 Å². The van der Waals surface area contributed by atoms with Gasteiger partial charge >= 0.3 is 0 Å². The van der Waals surface area contributed by atoms with Crippen molar-refractivity contribution in [3.05, 3.63) is 98.9 Å². The summed E-state index contributed by atoms with van der Waals surface area (Å²) in [7, 11) is 0. The van der Waals surface area contributed by atoms with Gasteiger partial charge in [0.2, 0.25) is 0 Å². The Hall–Kier alpha value is -3.39. The number of rotatable bonds is 5. The van der Waals surface area contributed by atoms with Gasteiger partial charge in [-0.05, 0) is 66.7 Å². The highest BCUT2D eigenvalue weighted by Crippen LogP contribution is 2.31. The molecular formula is C23H13Cl3FN3O3. The average Bonchev–Trinajstić information content (AvgIpc) is 3.00. The Balaban J connectivity index is 1.47. The monoisotopic (exact) mass is 503 g/mol. The molecule has 0 unspecified atom stereocenters. The van der Waals surface area contributed by atoms with Crippen LogP contribution in [0.25, 0.3) is 0 Å². The molecule has 1 heterocycles. The van der Waals surface area contributed by atoms with E-state index in [4.69, 9.17) is 34.8 Å². The highest BCUT2D eigenvalue weighted by molar-refractivity contribution is 6.53. The smallest absolute Gasteiger partial charge is 0.283 e. The lowest BCUT2D eigenvalue weighted by atomic mass is 10.2. The molecule has 0 fully saturated rings. The van der Waals surface area contributed by atoms with E-state index >= 15 is 0 Å². The normalized spacial score (nSPS) is 13.5. The Morgan fingerprint density at radius 3 is 2.09 bits per heavy atom. The summed E-state index contributed by atoms with van der Waals surface area (Å²) in [5.41, 5.74) is 1.32. The summed E-state index contributed by atoms with van der Waals surface area (Å²) < 4.78 is 13.3. The molecule has 0 saturated heterocycles. The van der Waals surface area contributed by atoms with Crippen LogP contribution < -0.4 is 15.5 Å². The second-order valence-corrected chi connectivity index (χ2v) is 8.12. The van der Waals surface area contributed by atoms with Crippen molar-refractivity contribution in [3.8, 4) is 0 Å². The maximum absolute atomic E-state index is 13.3.